The smallest absolute Gasteiger partial charge is 0.308 e. The van der Waals surface area contributed by atoms with Crippen LogP contribution in [0.2, 0.25) is 0 Å². The second-order valence-electron chi connectivity index (χ2n) is 6.05. The van der Waals surface area contributed by atoms with Gasteiger partial charge in [-0.25, -0.2) is 0 Å². The molecule has 8 nitrogen and oxygen atoms in total. The number of methoxy groups -OCH3 is 1. The molecule has 0 spiro atoms. The third-order valence-electron chi connectivity index (χ3n) is 3.92. The molecular formula is C17H22N2O6. The summed E-state index contributed by atoms with van der Waals surface area (Å²) in [5.74, 6) is -1.86. The van der Waals surface area contributed by atoms with Crippen molar-refractivity contribution in [1.82, 2.24) is 4.90 Å². The van der Waals surface area contributed by atoms with Crippen molar-refractivity contribution in [3.8, 4) is 11.5 Å². The molecule has 0 radical (unpaired) electrons. The highest BCUT2D eigenvalue weighted by molar-refractivity contribution is 5.95. The first-order valence-corrected chi connectivity index (χ1v) is 7.96. The number of carboxylic acids is 1. The van der Waals surface area contributed by atoms with Crippen molar-refractivity contribution in [2.24, 2.45) is 11.7 Å². The van der Waals surface area contributed by atoms with Crippen molar-refractivity contribution < 1.29 is 29.0 Å². The van der Waals surface area contributed by atoms with Gasteiger partial charge < -0.3 is 25.2 Å². The van der Waals surface area contributed by atoms with Crippen LogP contribution in [0.4, 0.5) is 0 Å². The third kappa shape index (κ3) is 4.85. The predicted molar refractivity (Wildman–Crippen MR) is 88.5 cm³/mol. The van der Waals surface area contributed by atoms with E-state index >= 15 is 0 Å². The van der Waals surface area contributed by atoms with Gasteiger partial charge in [0.25, 0.3) is 11.8 Å². The SMILES string of the molecule is COc1cc(C(=O)N(CC(C)C(=O)O)C2CC2)ccc1OCC(N)=O. The number of nitrogens with two attached hydrogens (primary N) is 1. The highest BCUT2D eigenvalue weighted by atomic mass is 16.5. The van der Waals surface area contributed by atoms with Crippen molar-refractivity contribution in [3.63, 3.8) is 0 Å². The van der Waals surface area contributed by atoms with Crippen LogP contribution < -0.4 is 15.2 Å². The van der Waals surface area contributed by atoms with Gasteiger partial charge in [-0.15, -0.1) is 0 Å². The van der Waals surface area contributed by atoms with Gasteiger partial charge in [0.1, 0.15) is 0 Å². The maximum absolute atomic E-state index is 12.8. The highest BCUT2D eigenvalue weighted by Crippen LogP contribution is 2.32. The van der Waals surface area contributed by atoms with Gasteiger partial charge in [-0.1, -0.05) is 6.92 Å². The van der Waals surface area contributed by atoms with Gasteiger partial charge in [0.15, 0.2) is 18.1 Å². The summed E-state index contributed by atoms with van der Waals surface area (Å²) >= 11 is 0. The number of nitrogens with zero attached hydrogens (tertiary/aromatic N) is 1. The van der Waals surface area contributed by atoms with E-state index in [4.69, 9.17) is 20.3 Å². The Morgan fingerprint density at radius 1 is 1.32 bits per heavy atom. The zero-order valence-electron chi connectivity index (χ0n) is 14.2. The summed E-state index contributed by atoms with van der Waals surface area (Å²) in [5.41, 5.74) is 5.42. The van der Waals surface area contributed by atoms with Gasteiger partial charge in [-0.2, -0.15) is 0 Å². The van der Waals surface area contributed by atoms with Gasteiger partial charge in [0.05, 0.1) is 13.0 Å². The largest absolute Gasteiger partial charge is 0.493 e. The fourth-order valence-corrected chi connectivity index (χ4v) is 2.39. The first-order chi connectivity index (χ1) is 11.8. The Morgan fingerprint density at radius 3 is 2.52 bits per heavy atom. The molecule has 2 amide bonds. The van der Waals surface area contributed by atoms with E-state index in [9.17, 15) is 14.4 Å². The van der Waals surface area contributed by atoms with Crippen LogP contribution in [0, 0.1) is 5.92 Å². The molecule has 25 heavy (non-hydrogen) atoms. The zero-order chi connectivity index (χ0) is 18.6. The maximum atomic E-state index is 12.8. The lowest BCUT2D eigenvalue weighted by Gasteiger charge is -2.24. The molecule has 0 aromatic heterocycles. The van der Waals surface area contributed by atoms with E-state index in [1.165, 1.54) is 19.2 Å². The van der Waals surface area contributed by atoms with E-state index in [0.717, 1.165) is 12.8 Å². The maximum Gasteiger partial charge on any atom is 0.308 e. The van der Waals surface area contributed by atoms with Crippen molar-refractivity contribution in [3.05, 3.63) is 23.8 Å². The highest BCUT2D eigenvalue weighted by Gasteiger charge is 2.35. The topological polar surface area (TPSA) is 119 Å². The molecule has 136 valence electrons. The van der Waals surface area contributed by atoms with Crippen LogP contribution in [0.15, 0.2) is 18.2 Å². The Hall–Kier alpha value is -2.77. The molecule has 1 saturated carbocycles. The van der Waals surface area contributed by atoms with Gasteiger partial charge >= 0.3 is 5.97 Å². The van der Waals surface area contributed by atoms with Gasteiger partial charge in [-0.3, -0.25) is 14.4 Å². The monoisotopic (exact) mass is 350 g/mol. The number of carboxylic acid groups (broad SMARTS) is 1. The summed E-state index contributed by atoms with van der Waals surface area (Å²) in [4.78, 5) is 36.3. The molecule has 1 fully saturated rings. The number of benzene rings is 1. The van der Waals surface area contributed by atoms with E-state index in [0.29, 0.717) is 17.1 Å². The van der Waals surface area contributed by atoms with Crippen LogP contribution in [-0.2, 0) is 9.59 Å². The molecule has 0 saturated heterocycles. The summed E-state index contributed by atoms with van der Waals surface area (Å²) in [7, 11) is 1.42. The molecule has 1 aliphatic carbocycles. The first-order valence-electron chi connectivity index (χ1n) is 7.96. The number of hydrogen-bond acceptors (Lipinski definition) is 5. The number of carbonyl (C=O) groups excluding carboxylic acids is 2. The molecular weight excluding hydrogens is 328 g/mol. The molecule has 2 rings (SSSR count). The minimum absolute atomic E-state index is 0.0751. The van der Waals surface area contributed by atoms with Gasteiger partial charge in [0.2, 0.25) is 0 Å². The van der Waals surface area contributed by atoms with Crippen molar-refractivity contribution in [2.45, 2.75) is 25.8 Å². The van der Waals surface area contributed by atoms with Crippen molar-refractivity contribution in [1.29, 1.82) is 0 Å². The van der Waals surface area contributed by atoms with Crippen LogP contribution in [0.3, 0.4) is 0 Å². The number of aliphatic carboxylic acids is 1. The van der Waals surface area contributed by atoms with Crippen LogP contribution in [-0.4, -0.2) is 54.1 Å². The molecule has 0 bridgehead atoms. The number of carbonyl (C=O) groups is 3. The Morgan fingerprint density at radius 2 is 2.00 bits per heavy atom. The van der Waals surface area contributed by atoms with Gasteiger partial charge in [-0.05, 0) is 31.0 Å². The normalized spacial score (nSPS) is 14.5. The Bertz CT molecular complexity index is 671. The molecule has 3 N–H and O–H groups in total. The van der Waals surface area contributed by atoms with E-state index in [1.807, 2.05) is 0 Å². The molecule has 1 aromatic carbocycles. The second kappa shape index (κ2) is 7.87. The standard InChI is InChI=1S/C17H22N2O6/c1-10(17(22)23)8-19(12-4-5-12)16(21)11-3-6-13(14(7-11)24-2)25-9-15(18)20/h3,6-7,10,12H,4-5,8-9H2,1-2H3,(H2,18,20)(H,22,23). The molecule has 0 heterocycles. The Kier molecular flexibility index (Phi) is 5.84. The molecule has 0 aliphatic heterocycles. The van der Waals surface area contributed by atoms with E-state index < -0.39 is 17.8 Å². The molecule has 1 atom stereocenters. The second-order valence-corrected chi connectivity index (χ2v) is 6.05. The lowest BCUT2D eigenvalue weighted by Crippen LogP contribution is -2.38. The lowest BCUT2D eigenvalue weighted by molar-refractivity contribution is -0.141. The molecule has 1 aromatic rings. The van der Waals surface area contributed by atoms with Crippen LogP contribution in [0.1, 0.15) is 30.1 Å². The predicted octanol–water partition coefficient (Wildman–Crippen LogP) is 0.885. The van der Waals surface area contributed by atoms with Crippen LogP contribution in [0.5, 0.6) is 11.5 Å². The number of primary amides is 1. The number of rotatable bonds is 9. The zero-order valence-corrected chi connectivity index (χ0v) is 14.2. The lowest BCUT2D eigenvalue weighted by atomic mass is 10.1. The summed E-state index contributed by atoms with van der Waals surface area (Å²) in [5, 5.41) is 9.10. The van der Waals surface area contributed by atoms with E-state index in [1.54, 1.807) is 17.9 Å². The minimum Gasteiger partial charge on any atom is -0.493 e. The molecule has 1 unspecified atom stereocenters. The Labute approximate surface area is 145 Å². The quantitative estimate of drug-likeness (QED) is 0.682. The van der Waals surface area contributed by atoms with Crippen LogP contribution in [0.25, 0.3) is 0 Å². The molecule has 1 aliphatic rings. The van der Waals surface area contributed by atoms with Crippen molar-refractivity contribution in [2.75, 3.05) is 20.3 Å². The summed E-state index contributed by atoms with van der Waals surface area (Å²) in [6.07, 6.45) is 1.74. The summed E-state index contributed by atoms with van der Waals surface area (Å²) in [6.45, 7) is 1.43. The first kappa shape index (κ1) is 18.6. The number of hydrogen-bond donors (Lipinski definition) is 2. The number of ether oxygens (including phenoxy) is 2. The van der Waals surface area contributed by atoms with E-state index in [-0.39, 0.29) is 25.1 Å². The fourth-order valence-electron chi connectivity index (χ4n) is 2.39. The van der Waals surface area contributed by atoms with Crippen molar-refractivity contribution >= 4 is 17.8 Å². The van der Waals surface area contributed by atoms with Crippen LogP contribution >= 0.6 is 0 Å². The van der Waals surface area contributed by atoms with E-state index in [2.05, 4.69) is 0 Å². The average Bonchev–Trinajstić information content (AvgIpc) is 3.41. The minimum atomic E-state index is -0.939. The fraction of sp³-hybridized carbons (Fsp3) is 0.471. The third-order valence-corrected chi connectivity index (χ3v) is 3.92. The van der Waals surface area contributed by atoms with Gasteiger partial charge in [0, 0.05) is 18.2 Å². The summed E-state index contributed by atoms with van der Waals surface area (Å²) in [6, 6.07) is 4.67. The summed E-state index contributed by atoms with van der Waals surface area (Å²) < 4.78 is 10.4. The Balaban J connectivity index is 2.18. The number of amides is 2. The molecule has 8 heteroatoms. The average molecular weight is 350 g/mol.